The summed E-state index contributed by atoms with van der Waals surface area (Å²) in [6.07, 6.45) is 4.40. The van der Waals surface area contributed by atoms with Crippen LogP contribution < -0.4 is 10.1 Å². The number of aromatic nitrogens is 2. The molecule has 0 spiro atoms. The molecule has 4 nitrogen and oxygen atoms in total. The highest BCUT2D eigenvalue weighted by atomic mass is 35.5. The maximum absolute atomic E-state index is 13.3. The number of benzene rings is 2. The van der Waals surface area contributed by atoms with Crippen molar-refractivity contribution in [2.45, 2.75) is 6.61 Å². The molecule has 0 amide bonds. The first-order chi connectivity index (χ1) is 12.2. The van der Waals surface area contributed by atoms with Gasteiger partial charge in [0.05, 0.1) is 10.7 Å². The molecule has 0 saturated carbocycles. The van der Waals surface area contributed by atoms with Gasteiger partial charge in [0.15, 0.2) is 5.75 Å². The highest BCUT2D eigenvalue weighted by Crippen LogP contribution is 2.35. The lowest BCUT2D eigenvalue weighted by atomic mass is 10.2. The second kappa shape index (κ2) is 7.77. The zero-order chi connectivity index (χ0) is 17.6. The van der Waals surface area contributed by atoms with Crippen LogP contribution in [-0.4, -0.2) is 9.97 Å². The largest absolute Gasteiger partial charge is 0.485 e. The molecule has 3 rings (SSSR count). The van der Waals surface area contributed by atoms with Gasteiger partial charge in [-0.1, -0.05) is 36.4 Å². The average molecular weight is 355 g/mol. The van der Waals surface area contributed by atoms with Crippen LogP contribution in [0.1, 0.15) is 11.1 Å². The van der Waals surface area contributed by atoms with Crippen molar-refractivity contribution in [1.82, 2.24) is 9.97 Å². The van der Waals surface area contributed by atoms with E-state index in [2.05, 4.69) is 15.3 Å². The smallest absolute Gasteiger partial charge is 0.161 e. The highest BCUT2D eigenvalue weighted by Gasteiger charge is 2.11. The number of rotatable bonds is 6. The fraction of sp³-hybridized carbons (Fsp3) is 0.0526. The summed E-state index contributed by atoms with van der Waals surface area (Å²) in [6, 6.07) is 11.5. The van der Waals surface area contributed by atoms with Gasteiger partial charge in [0, 0.05) is 11.8 Å². The van der Waals surface area contributed by atoms with Crippen LogP contribution in [0.4, 0.5) is 15.9 Å². The van der Waals surface area contributed by atoms with E-state index in [1.807, 2.05) is 0 Å². The van der Waals surface area contributed by atoms with Crippen LogP contribution in [0, 0.1) is 12.4 Å². The Morgan fingerprint density at radius 2 is 2.08 bits per heavy atom. The first-order valence-electron chi connectivity index (χ1n) is 7.45. The quantitative estimate of drug-likeness (QED) is 0.673. The summed E-state index contributed by atoms with van der Waals surface area (Å²) in [6.45, 7) is 5.76. The number of hydrogen-bond donors (Lipinski definition) is 1. The lowest BCUT2D eigenvalue weighted by molar-refractivity contribution is 0.307. The number of nitrogens with zero attached hydrogens (tertiary/aromatic N) is 2. The normalized spacial score (nSPS) is 10.3. The molecular formula is C19H14ClFN3O. The average Bonchev–Trinajstić information content (AvgIpc) is 2.62. The summed E-state index contributed by atoms with van der Waals surface area (Å²) in [4.78, 5) is 8.09. The van der Waals surface area contributed by atoms with Gasteiger partial charge in [0.25, 0.3) is 0 Å². The topological polar surface area (TPSA) is 47.0 Å². The number of anilines is 2. The predicted molar refractivity (Wildman–Crippen MR) is 96.3 cm³/mol. The minimum absolute atomic E-state index is 0.176. The molecule has 0 aliphatic heterocycles. The first kappa shape index (κ1) is 16.9. The Hall–Kier alpha value is -2.92. The van der Waals surface area contributed by atoms with Crippen molar-refractivity contribution in [3.05, 3.63) is 83.5 Å². The molecule has 0 saturated heterocycles. The second-order valence-electron chi connectivity index (χ2n) is 5.15. The number of hydrogen-bond acceptors (Lipinski definition) is 4. The fourth-order valence-corrected chi connectivity index (χ4v) is 2.46. The molecular weight excluding hydrogens is 341 g/mol. The van der Waals surface area contributed by atoms with E-state index in [4.69, 9.17) is 22.9 Å². The SMILES string of the molecule is [CH]=Cc1cncnc1Nc1cccc(Cl)c1OCc1cccc(F)c1. The molecule has 0 unspecified atom stereocenters. The lowest BCUT2D eigenvalue weighted by Crippen LogP contribution is -2.02. The van der Waals surface area contributed by atoms with Gasteiger partial charge in [0.1, 0.15) is 24.6 Å². The van der Waals surface area contributed by atoms with Gasteiger partial charge >= 0.3 is 0 Å². The van der Waals surface area contributed by atoms with Gasteiger partial charge in [-0.15, -0.1) is 0 Å². The van der Waals surface area contributed by atoms with Crippen molar-refractivity contribution in [3.8, 4) is 5.75 Å². The van der Waals surface area contributed by atoms with Gasteiger partial charge in [0.2, 0.25) is 0 Å². The predicted octanol–water partition coefficient (Wildman–Crippen LogP) is 5.04. The Bertz CT molecular complexity index is 901. The number of halogens is 2. The molecule has 0 bridgehead atoms. The number of nitrogens with one attached hydrogen (secondary N) is 1. The third kappa shape index (κ3) is 4.14. The molecule has 0 fully saturated rings. The van der Waals surface area contributed by atoms with Crippen molar-refractivity contribution in [2.24, 2.45) is 0 Å². The van der Waals surface area contributed by atoms with Gasteiger partial charge in [-0.25, -0.2) is 14.4 Å². The molecule has 1 heterocycles. The van der Waals surface area contributed by atoms with E-state index in [1.165, 1.54) is 24.5 Å². The molecule has 0 aliphatic rings. The van der Waals surface area contributed by atoms with Crippen molar-refractivity contribution in [1.29, 1.82) is 0 Å². The van der Waals surface area contributed by atoms with Crippen LogP contribution in [0.2, 0.25) is 5.02 Å². The van der Waals surface area contributed by atoms with Crippen LogP contribution in [0.25, 0.3) is 6.08 Å². The third-order valence-corrected chi connectivity index (χ3v) is 3.71. The maximum atomic E-state index is 13.3. The molecule has 2 aromatic carbocycles. The van der Waals surface area contributed by atoms with Crippen molar-refractivity contribution in [3.63, 3.8) is 0 Å². The third-order valence-electron chi connectivity index (χ3n) is 3.41. The van der Waals surface area contributed by atoms with Crippen molar-refractivity contribution in [2.75, 3.05) is 5.32 Å². The van der Waals surface area contributed by atoms with Gasteiger partial charge in [-0.2, -0.15) is 0 Å². The maximum Gasteiger partial charge on any atom is 0.161 e. The Kier molecular flexibility index (Phi) is 5.26. The molecule has 0 aliphatic carbocycles. The Balaban J connectivity index is 1.85. The lowest BCUT2D eigenvalue weighted by Gasteiger charge is -2.15. The van der Waals surface area contributed by atoms with E-state index in [9.17, 15) is 4.39 Å². The molecule has 0 atom stereocenters. The highest BCUT2D eigenvalue weighted by molar-refractivity contribution is 6.32. The van der Waals surface area contributed by atoms with Crippen LogP contribution in [0.15, 0.2) is 55.0 Å². The summed E-state index contributed by atoms with van der Waals surface area (Å²) in [5, 5.41) is 3.56. The standard InChI is InChI=1S/C19H14ClFN3O/c1-2-14-10-22-12-23-19(14)24-17-8-4-7-16(20)18(17)25-11-13-5-3-6-15(21)9-13/h1-10,12H,11H2,(H,22,23,24). The van der Waals surface area contributed by atoms with Crippen LogP contribution in [-0.2, 0) is 6.61 Å². The Morgan fingerprint density at radius 1 is 1.24 bits per heavy atom. The van der Waals surface area contributed by atoms with E-state index in [-0.39, 0.29) is 12.4 Å². The molecule has 1 aromatic heterocycles. The Morgan fingerprint density at radius 3 is 2.88 bits per heavy atom. The van der Waals surface area contributed by atoms with Gasteiger partial charge in [-0.05, 0) is 35.9 Å². The monoisotopic (exact) mass is 354 g/mol. The van der Waals surface area contributed by atoms with E-state index >= 15 is 0 Å². The summed E-state index contributed by atoms with van der Waals surface area (Å²) >= 11 is 6.26. The van der Waals surface area contributed by atoms with E-state index in [0.29, 0.717) is 33.4 Å². The minimum atomic E-state index is -0.317. The summed E-state index contributed by atoms with van der Waals surface area (Å²) < 4.78 is 19.1. The van der Waals surface area contributed by atoms with Gasteiger partial charge < -0.3 is 10.1 Å². The molecule has 1 radical (unpaired) electrons. The molecule has 3 aromatic rings. The summed E-state index contributed by atoms with van der Waals surface area (Å²) in [7, 11) is 0. The number of para-hydroxylation sites is 1. The summed E-state index contributed by atoms with van der Waals surface area (Å²) in [5.41, 5.74) is 1.95. The molecule has 1 N–H and O–H groups in total. The zero-order valence-corrected chi connectivity index (χ0v) is 13.9. The van der Waals surface area contributed by atoms with E-state index in [0.717, 1.165) is 0 Å². The van der Waals surface area contributed by atoms with Crippen molar-refractivity contribution < 1.29 is 9.13 Å². The second-order valence-corrected chi connectivity index (χ2v) is 5.56. The number of ether oxygens (including phenoxy) is 1. The Labute approximate surface area is 150 Å². The van der Waals surface area contributed by atoms with Crippen LogP contribution in [0.5, 0.6) is 5.75 Å². The van der Waals surface area contributed by atoms with Crippen molar-refractivity contribution >= 4 is 29.2 Å². The van der Waals surface area contributed by atoms with E-state index in [1.54, 1.807) is 36.5 Å². The molecule has 25 heavy (non-hydrogen) atoms. The minimum Gasteiger partial charge on any atom is -0.485 e. The first-order valence-corrected chi connectivity index (χ1v) is 7.83. The molecule has 6 heteroatoms. The van der Waals surface area contributed by atoms with Gasteiger partial charge in [-0.3, -0.25) is 0 Å². The molecule has 125 valence electrons. The zero-order valence-electron chi connectivity index (χ0n) is 13.1. The van der Waals surface area contributed by atoms with E-state index < -0.39 is 0 Å². The van der Waals surface area contributed by atoms with Crippen LogP contribution >= 0.6 is 11.6 Å². The fourth-order valence-electron chi connectivity index (χ4n) is 2.23. The summed E-state index contributed by atoms with van der Waals surface area (Å²) in [5.74, 6) is 0.646. The van der Waals surface area contributed by atoms with Crippen LogP contribution in [0.3, 0.4) is 0 Å².